The molecular weight excluding hydrogens is 249 g/mol. The molecule has 0 aliphatic carbocycles. The first-order valence-electron chi connectivity index (χ1n) is 5.33. The van der Waals surface area contributed by atoms with Gasteiger partial charge in [0.2, 0.25) is 5.88 Å². The van der Waals surface area contributed by atoms with E-state index in [1.807, 2.05) is 30.3 Å². The molecule has 2 aromatic rings. The maximum Gasteiger partial charge on any atom is 0.307 e. The second kappa shape index (κ2) is 5.61. The lowest BCUT2D eigenvalue weighted by Gasteiger charge is -2.04. The van der Waals surface area contributed by atoms with Crippen LogP contribution in [0.2, 0.25) is 0 Å². The summed E-state index contributed by atoms with van der Waals surface area (Å²) in [6.45, 7) is 0. The summed E-state index contributed by atoms with van der Waals surface area (Å²) in [5.41, 5.74) is 2.73. The third-order valence-corrected chi connectivity index (χ3v) is 2.74. The lowest BCUT2D eigenvalue weighted by atomic mass is 10.0. The predicted molar refractivity (Wildman–Crippen MR) is 71.4 cm³/mol. The van der Waals surface area contributed by atoms with Crippen molar-refractivity contribution in [1.82, 2.24) is 4.98 Å². The Labute approximate surface area is 107 Å². The molecule has 0 fully saturated rings. The molecule has 0 saturated heterocycles. The van der Waals surface area contributed by atoms with Crippen LogP contribution in [0.25, 0.3) is 11.1 Å². The highest BCUT2D eigenvalue weighted by Gasteiger charge is 2.02. The highest BCUT2D eigenvalue weighted by molar-refractivity contribution is 7.10. The summed E-state index contributed by atoms with van der Waals surface area (Å²) in [5.74, 6) is -0.294. The Morgan fingerprint density at radius 3 is 2.33 bits per heavy atom. The van der Waals surface area contributed by atoms with Crippen LogP contribution >= 0.6 is 9.47 Å². The van der Waals surface area contributed by atoms with Gasteiger partial charge in [-0.3, -0.25) is 4.79 Å². The number of rotatable bonds is 4. The molecule has 0 radical (unpaired) electrons. The lowest BCUT2D eigenvalue weighted by Crippen LogP contribution is -1.99. The summed E-state index contributed by atoms with van der Waals surface area (Å²) in [6.07, 6.45) is 1.75. The smallest absolute Gasteiger partial charge is 0.307 e. The summed E-state index contributed by atoms with van der Waals surface area (Å²) in [7, 11) is 2.14. The third-order valence-electron chi connectivity index (χ3n) is 2.50. The van der Waals surface area contributed by atoms with Crippen LogP contribution in [0.1, 0.15) is 5.56 Å². The molecule has 4 nitrogen and oxygen atoms in total. The average Bonchev–Trinajstić information content (AvgIpc) is 2.39. The van der Waals surface area contributed by atoms with Crippen molar-refractivity contribution in [2.45, 2.75) is 6.42 Å². The minimum atomic E-state index is -0.827. The van der Waals surface area contributed by atoms with E-state index in [1.54, 1.807) is 12.3 Å². The fourth-order valence-electron chi connectivity index (χ4n) is 1.61. The normalized spacial score (nSPS) is 10.1. The van der Waals surface area contributed by atoms with Crippen LogP contribution in [0.3, 0.4) is 0 Å². The average molecular weight is 261 g/mol. The van der Waals surface area contributed by atoms with Crippen molar-refractivity contribution in [1.29, 1.82) is 0 Å². The molecule has 1 unspecified atom stereocenters. The van der Waals surface area contributed by atoms with Crippen molar-refractivity contribution >= 4 is 15.4 Å². The zero-order valence-electron chi connectivity index (χ0n) is 9.54. The number of benzene rings is 1. The van der Waals surface area contributed by atoms with Gasteiger partial charge < -0.3 is 9.63 Å². The van der Waals surface area contributed by atoms with Crippen LogP contribution < -0.4 is 4.52 Å². The number of aromatic nitrogens is 1. The molecular formula is C13H12NO3P. The molecule has 0 aliphatic rings. The minimum absolute atomic E-state index is 0.0400. The maximum atomic E-state index is 10.6. The fourth-order valence-corrected chi connectivity index (χ4v) is 1.75. The number of nitrogens with zero attached hydrogens (tertiary/aromatic N) is 1. The first-order chi connectivity index (χ1) is 8.69. The molecule has 18 heavy (non-hydrogen) atoms. The Hall–Kier alpha value is -1.93. The van der Waals surface area contributed by atoms with Crippen molar-refractivity contribution < 1.29 is 14.4 Å². The summed E-state index contributed by atoms with van der Waals surface area (Å²) >= 11 is 0. The topological polar surface area (TPSA) is 59.4 Å². The van der Waals surface area contributed by atoms with Crippen molar-refractivity contribution in [3.05, 3.63) is 48.2 Å². The van der Waals surface area contributed by atoms with Gasteiger partial charge in [-0.1, -0.05) is 24.3 Å². The second-order valence-corrected chi connectivity index (χ2v) is 4.01. The van der Waals surface area contributed by atoms with E-state index < -0.39 is 5.97 Å². The van der Waals surface area contributed by atoms with Crippen LogP contribution in [0.4, 0.5) is 0 Å². The molecule has 2 rings (SSSR count). The molecule has 1 N–H and O–H groups in total. The first-order valence-corrected chi connectivity index (χ1v) is 5.80. The molecule has 0 aliphatic heterocycles. The monoisotopic (exact) mass is 261 g/mol. The van der Waals surface area contributed by atoms with Crippen molar-refractivity contribution in [3.63, 3.8) is 0 Å². The second-order valence-electron chi connectivity index (χ2n) is 3.77. The Morgan fingerprint density at radius 1 is 1.17 bits per heavy atom. The highest BCUT2D eigenvalue weighted by atomic mass is 31.0. The van der Waals surface area contributed by atoms with Gasteiger partial charge >= 0.3 is 5.97 Å². The summed E-state index contributed by atoms with van der Waals surface area (Å²) in [4.78, 5) is 14.7. The van der Waals surface area contributed by atoms with Crippen LogP contribution in [0.15, 0.2) is 42.6 Å². The van der Waals surface area contributed by atoms with E-state index in [1.165, 1.54) is 0 Å². The van der Waals surface area contributed by atoms with Crippen molar-refractivity contribution in [2.75, 3.05) is 0 Å². The SMILES string of the molecule is O=C(O)Cc1ccc(-c2ccc(OP)nc2)cc1. The zero-order chi connectivity index (χ0) is 13.0. The summed E-state index contributed by atoms with van der Waals surface area (Å²) < 4.78 is 4.91. The van der Waals surface area contributed by atoms with Gasteiger partial charge in [-0.25, -0.2) is 4.98 Å². The predicted octanol–water partition coefficient (Wildman–Crippen LogP) is 2.54. The number of aliphatic carboxylic acids is 1. The lowest BCUT2D eigenvalue weighted by molar-refractivity contribution is -0.136. The number of carbonyl (C=O) groups is 1. The Bertz CT molecular complexity index is 537. The minimum Gasteiger partial charge on any atom is -0.481 e. The molecule has 1 atom stereocenters. The highest BCUT2D eigenvalue weighted by Crippen LogP contribution is 2.21. The van der Waals surface area contributed by atoms with E-state index in [2.05, 4.69) is 14.5 Å². The van der Waals surface area contributed by atoms with Gasteiger partial charge in [0.1, 0.15) is 0 Å². The van der Waals surface area contributed by atoms with E-state index in [0.717, 1.165) is 16.7 Å². The standard InChI is InChI=1S/C13H12NO3P/c15-13(16)7-9-1-3-10(4-2-9)11-5-6-12(17-18)14-8-11/h1-6,8H,7,18H2,(H,15,16). The fraction of sp³-hybridized carbons (Fsp3) is 0.0769. The van der Waals surface area contributed by atoms with E-state index in [4.69, 9.17) is 9.63 Å². The van der Waals surface area contributed by atoms with E-state index in [0.29, 0.717) is 5.88 Å². The Kier molecular flexibility index (Phi) is 3.90. The van der Waals surface area contributed by atoms with Gasteiger partial charge in [-0.2, -0.15) is 0 Å². The zero-order valence-corrected chi connectivity index (χ0v) is 10.7. The number of hydrogen-bond donors (Lipinski definition) is 1. The van der Waals surface area contributed by atoms with Crippen LogP contribution in [0, 0.1) is 0 Å². The molecule has 0 bridgehead atoms. The number of carboxylic acid groups (broad SMARTS) is 1. The molecule has 1 aromatic heterocycles. The van der Waals surface area contributed by atoms with Gasteiger partial charge in [0.25, 0.3) is 0 Å². The van der Waals surface area contributed by atoms with Crippen LogP contribution in [-0.2, 0) is 11.2 Å². The molecule has 1 aromatic carbocycles. The van der Waals surface area contributed by atoms with Gasteiger partial charge in [-0.05, 0) is 17.2 Å². The Morgan fingerprint density at radius 2 is 1.83 bits per heavy atom. The van der Waals surface area contributed by atoms with Gasteiger partial charge in [-0.15, -0.1) is 0 Å². The largest absolute Gasteiger partial charge is 0.481 e. The number of carboxylic acids is 1. The molecule has 0 amide bonds. The van der Waals surface area contributed by atoms with Crippen LogP contribution in [-0.4, -0.2) is 16.1 Å². The van der Waals surface area contributed by atoms with E-state index >= 15 is 0 Å². The van der Waals surface area contributed by atoms with Gasteiger partial charge in [0, 0.05) is 17.8 Å². The summed E-state index contributed by atoms with van der Waals surface area (Å²) in [5, 5.41) is 8.69. The maximum absolute atomic E-state index is 10.6. The van der Waals surface area contributed by atoms with Gasteiger partial charge in [0.15, 0.2) is 0 Å². The molecule has 5 heteroatoms. The van der Waals surface area contributed by atoms with E-state index in [-0.39, 0.29) is 6.42 Å². The van der Waals surface area contributed by atoms with Crippen LogP contribution in [0.5, 0.6) is 5.88 Å². The quantitative estimate of drug-likeness (QED) is 0.859. The molecule has 0 saturated carbocycles. The van der Waals surface area contributed by atoms with Gasteiger partial charge in [0.05, 0.1) is 15.9 Å². The van der Waals surface area contributed by atoms with E-state index in [9.17, 15) is 4.79 Å². The molecule has 0 spiro atoms. The van der Waals surface area contributed by atoms with Crippen molar-refractivity contribution in [3.8, 4) is 17.0 Å². The number of hydrogen-bond acceptors (Lipinski definition) is 3. The molecule has 1 heterocycles. The molecule has 92 valence electrons. The third kappa shape index (κ3) is 3.05. The summed E-state index contributed by atoms with van der Waals surface area (Å²) in [6, 6.07) is 11.1. The first kappa shape index (κ1) is 12.5. The number of pyridine rings is 1. The van der Waals surface area contributed by atoms with Crippen molar-refractivity contribution in [2.24, 2.45) is 0 Å². The Balaban J connectivity index is 2.20.